The summed E-state index contributed by atoms with van der Waals surface area (Å²) in [5, 5.41) is 13.4. The van der Waals surface area contributed by atoms with E-state index in [4.69, 9.17) is 0 Å². The lowest BCUT2D eigenvalue weighted by Crippen LogP contribution is -2.43. The Kier molecular flexibility index (Phi) is 5.18. The molecule has 1 aliphatic carbocycles. The number of aliphatic hydroxyl groups is 1. The molecule has 0 spiro atoms. The second-order valence-corrected chi connectivity index (χ2v) is 6.08. The Bertz CT molecular complexity index is 431. The van der Waals surface area contributed by atoms with Gasteiger partial charge in [0.2, 0.25) is 5.91 Å². The first-order valence-electron chi connectivity index (χ1n) is 7.62. The summed E-state index contributed by atoms with van der Waals surface area (Å²) in [6, 6.07) is 7.99. The molecule has 0 unspecified atom stereocenters. The molecule has 0 saturated heterocycles. The van der Waals surface area contributed by atoms with E-state index in [1.54, 1.807) is 0 Å². The first-order valence-corrected chi connectivity index (χ1v) is 7.62. The van der Waals surface area contributed by atoms with Gasteiger partial charge in [0, 0.05) is 6.54 Å². The molecule has 3 nitrogen and oxygen atoms in total. The predicted molar refractivity (Wildman–Crippen MR) is 80.5 cm³/mol. The molecule has 3 heteroatoms. The molecule has 0 aliphatic heterocycles. The Morgan fingerprint density at radius 2 is 1.75 bits per heavy atom. The zero-order chi connectivity index (χ0) is 14.4. The number of rotatable bonds is 4. The Hall–Kier alpha value is -1.35. The minimum atomic E-state index is -0.695. The number of aryl methyl sites for hydroxylation is 1. The van der Waals surface area contributed by atoms with E-state index in [1.807, 2.05) is 31.2 Å². The van der Waals surface area contributed by atoms with E-state index in [2.05, 4.69) is 5.32 Å². The van der Waals surface area contributed by atoms with Gasteiger partial charge in [0.05, 0.1) is 12.0 Å². The molecule has 0 bridgehead atoms. The normalized spacial score (nSPS) is 18.3. The average molecular weight is 275 g/mol. The van der Waals surface area contributed by atoms with Crippen molar-refractivity contribution in [1.82, 2.24) is 5.32 Å². The summed E-state index contributed by atoms with van der Waals surface area (Å²) in [5.41, 5.74) is 1.52. The molecule has 0 radical (unpaired) electrons. The van der Waals surface area contributed by atoms with E-state index in [-0.39, 0.29) is 5.91 Å². The lowest BCUT2D eigenvalue weighted by atomic mass is 9.94. The van der Waals surface area contributed by atoms with Gasteiger partial charge in [-0.15, -0.1) is 0 Å². The number of hydrogen-bond donors (Lipinski definition) is 2. The van der Waals surface area contributed by atoms with Gasteiger partial charge >= 0.3 is 0 Å². The smallest absolute Gasteiger partial charge is 0.224 e. The van der Waals surface area contributed by atoms with Crippen LogP contribution in [0, 0.1) is 6.92 Å². The van der Waals surface area contributed by atoms with Crippen LogP contribution in [0.3, 0.4) is 0 Å². The Morgan fingerprint density at radius 3 is 2.35 bits per heavy atom. The number of carbonyl (C=O) groups excluding carboxylic acids is 1. The second kappa shape index (κ2) is 6.89. The standard InChI is InChI=1S/C17H25NO2/c1-14-6-8-15(9-7-14)12-16(19)18-13-17(20)10-4-2-3-5-11-17/h6-9,20H,2-5,10-13H2,1H3,(H,18,19). The highest BCUT2D eigenvalue weighted by Crippen LogP contribution is 2.26. The van der Waals surface area contributed by atoms with Crippen LogP contribution in [0.25, 0.3) is 0 Å². The molecule has 1 saturated carbocycles. The third-order valence-electron chi connectivity index (χ3n) is 4.13. The molecule has 0 heterocycles. The second-order valence-electron chi connectivity index (χ2n) is 6.08. The molecule has 1 amide bonds. The van der Waals surface area contributed by atoms with E-state index in [0.717, 1.165) is 31.2 Å². The minimum Gasteiger partial charge on any atom is -0.388 e. The Labute approximate surface area is 121 Å². The van der Waals surface area contributed by atoms with Gasteiger partial charge in [-0.2, -0.15) is 0 Å². The molecule has 2 N–H and O–H groups in total. The summed E-state index contributed by atoms with van der Waals surface area (Å²) in [6.07, 6.45) is 6.50. The van der Waals surface area contributed by atoms with Crippen LogP contribution in [0.1, 0.15) is 49.7 Å². The molecule has 110 valence electrons. The summed E-state index contributed by atoms with van der Waals surface area (Å²) < 4.78 is 0. The third-order valence-corrected chi connectivity index (χ3v) is 4.13. The van der Waals surface area contributed by atoms with Crippen LogP contribution in [-0.4, -0.2) is 23.2 Å². The first kappa shape index (κ1) is 15.0. The van der Waals surface area contributed by atoms with E-state index in [0.29, 0.717) is 13.0 Å². The van der Waals surface area contributed by atoms with E-state index in [9.17, 15) is 9.90 Å². The van der Waals surface area contributed by atoms with E-state index >= 15 is 0 Å². The number of hydrogen-bond acceptors (Lipinski definition) is 2. The minimum absolute atomic E-state index is 0.00785. The maximum atomic E-state index is 11.9. The lowest BCUT2D eigenvalue weighted by molar-refractivity contribution is -0.121. The van der Waals surface area contributed by atoms with Crippen LogP contribution >= 0.6 is 0 Å². The summed E-state index contributed by atoms with van der Waals surface area (Å²) in [5.74, 6) is -0.00785. The van der Waals surface area contributed by atoms with Gasteiger partial charge in [0.1, 0.15) is 0 Å². The zero-order valence-electron chi connectivity index (χ0n) is 12.3. The fourth-order valence-corrected chi connectivity index (χ4v) is 2.78. The molecule has 0 aromatic heterocycles. The highest BCUT2D eigenvalue weighted by atomic mass is 16.3. The van der Waals surface area contributed by atoms with Crippen LogP contribution in [0.4, 0.5) is 0 Å². The van der Waals surface area contributed by atoms with Crippen molar-refractivity contribution in [3.63, 3.8) is 0 Å². The number of carbonyl (C=O) groups is 1. The molecule has 2 rings (SSSR count). The molecule has 0 atom stereocenters. The van der Waals surface area contributed by atoms with Crippen molar-refractivity contribution >= 4 is 5.91 Å². The molecule has 1 aromatic carbocycles. The molecular formula is C17H25NO2. The van der Waals surface area contributed by atoms with Gasteiger partial charge in [0.15, 0.2) is 0 Å². The average Bonchev–Trinajstić information content (AvgIpc) is 2.65. The lowest BCUT2D eigenvalue weighted by Gasteiger charge is -2.26. The Balaban J connectivity index is 1.80. The summed E-state index contributed by atoms with van der Waals surface area (Å²) in [4.78, 5) is 11.9. The van der Waals surface area contributed by atoms with Crippen molar-refractivity contribution in [3.05, 3.63) is 35.4 Å². The van der Waals surface area contributed by atoms with Gasteiger partial charge in [0.25, 0.3) is 0 Å². The number of amides is 1. The van der Waals surface area contributed by atoms with Crippen LogP contribution in [0.15, 0.2) is 24.3 Å². The van der Waals surface area contributed by atoms with Crippen LogP contribution < -0.4 is 5.32 Å². The van der Waals surface area contributed by atoms with Crippen molar-refractivity contribution < 1.29 is 9.90 Å². The maximum Gasteiger partial charge on any atom is 0.224 e. The van der Waals surface area contributed by atoms with E-state index in [1.165, 1.54) is 18.4 Å². The SMILES string of the molecule is Cc1ccc(CC(=O)NCC2(O)CCCCCC2)cc1. The fraction of sp³-hybridized carbons (Fsp3) is 0.588. The van der Waals surface area contributed by atoms with Gasteiger partial charge < -0.3 is 10.4 Å². The molecule has 1 aliphatic rings. The summed E-state index contributed by atoms with van der Waals surface area (Å²) in [6.45, 7) is 2.42. The molecule has 1 aromatic rings. The molecule has 1 fully saturated rings. The van der Waals surface area contributed by atoms with E-state index < -0.39 is 5.60 Å². The summed E-state index contributed by atoms with van der Waals surface area (Å²) >= 11 is 0. The van der Waals surface area contributed by atoms with Crippen molar-refractivity contribution in [1.29, 1.82) is 0 Å². The van der Waals surface area contributed by atoms with Crippen molar-refractivity contribution in [2.75, 3.05) is 6.54 Å². The van der Waals surface area contributed by atoms with Crippen LogP contribution in [-0.2, 0) is 11.2 Å². The van der Waals surface area contributed by atoms with Crippen LogP contribution in [0.2, 0.25) is 0 Å². The molecular weight excluding hydrogens is 250 g/mol. The third kappa shape index (κ3) is 4.64. The van der Waals surface area contributed by atoms with Gasteiger partial charge in [-0.05, 0) is 25.3 Å². The number of nitrogens with one attached hydrogen (secondary N) is 1. The van der Waals surface area contributed by atoms with Gasteiger partial charge in [-0.25, -0.2) is 0 Å². The fourth-order valence-electron chi connectivity index (χ4n) is 2.78. The topological polar surface area (TPSA) is 49.3 Å². The van der Waals surface area contributed by atoms with Crippen LogP contribution in [0.5, 0.6) is 0 Å². The monoisotopic (exact) mass is 275 g/mol. The zero-order valence-corrected chi connectivity index (χ0v) is 12.3. The quantitative estimate of drug-likeness (QED) is 0.830. The van der Waals surface area contributed by atoms with Gasteiger partial charge in [-0.3, -0.25) is 4.79 Å². The van der Waals surface area contributed by atoms with Gasteiger partial charge in [-0.1, -0.05) is 55.5 Å². The molecule has 20 heavy (non-hydrogen) atoms. The van der Waals surface area contributed by atoms with Crippen molar-refractivity contribution in [2.45, 2.75) is 57.5 Å². The van der Waals surface area contributed by atoms with Crippen molar-refractivity contribution in [3.8, 4) is 0 Å². The summed E-state index contributed by atoms with van der Waals surface area (Å²) in [7, 11) is 0. The van der Waals surface area contributed by atoms with Crippen molar-refractivity contribution in [2.24, 2.45) is 0 Å². The number of benzene rings is 1. The highest BCUT2D eigenvalue weighted by Gasteiger charge is 2.28. The highest BCUT2D eigenvalue weighted by molar-refractivity contribution is 5.78. The predicted octanol–water partition coefficient (Wildman–Crippen LogP) is 2.74. The maximum absolute atomic E-state index is 11.9. The largest absolute Gasteiger partial charge is 0.388 e. The Morgan fingerprint density at radius 1 is 1.15 bits per heavy atom. The first-order chi connectivity index (χ1) is 9.57.